The predicted octanol–water partition coefficient (Wildman–Crippen LogP) is 3.35. The van der Waals surface area contributed by atoms with Crippen LogP contribution in [0.4, 0.5) is 0 Å². The van der Waals surface area contributed by atoms with E-state index in [2.05, 4.69) is 15.9 Å². The van der Waals surface area contributed by atoms with Crippen molar-refractivity contribution in [3.8, 4) is 0 Å². The summed E-state index contributed by atoms with van der Waals surface area (Å²) in [5.74, 6) is -0.271. The highest BCUT2D eigenvalue weighted by Gasteiger charge is 2.19. The summed E-state index contributed by atoms with van der Waals surface area (Å²) < 4.78 is 5.91. The number of ether oxygens (including phenoxy) is 1. The van der Waals surface area contributed by atoms with E-state index in [1.165, 1.54) is 4.90 Å². The minimum absolute atomic E-state index is 0.0240. The minimum Gasteiger partial charge on any atom is -0.465 e. The van der Waals surface area contributed by atoms with Gasteiger partial charge in [-0.25, -0.2) is 0 Å². The van der Waals surface area contributed by atoms with Crippen LogP contribution >= 0.6 is 15.9 Å². The van der Waals surface area contributed by atoms with E-state index in [9.17, 15) is 9.59 Å². The average Bonchev–Trinajstić information content (AvgIpc) is 2.45. The average molecular weight is 356 g/mol. The molecule has 1 rings (SSSR count). The number of rotatable bonds is 7. The van der Waals surface area contributed by atoms with Gasteiger partial charge in [0.15, 0.2) is 0 Å². The molecule has 0 aliphatic heterocycles. The van der Waals surface area contributed by atoms with Gasteiger partial charge in [0.1, 0.15) is 6.54 Å². The molecule has 1 aromatic rings. The van der Waals surface area contributed by atoms with E-state index in [0.717, 1.165) is 10.0 Å². The van der Waals surface area contributed by atoms with Crippen molar-refractivity contribution >= 4 is 27.8 Å². The molecule has 4 nitrogen and oxygen atoms in total. The van der Waals surface area contributed by atoms with Crippen molar-refractivity contribution in [2.24, 2.45) is 0 Å². The zero-order valence-corrected chi connectivity index (χ0v) is 14.4. The second-order valence-corrected chi connectivity index (χ2v) is 5.79. The van der Waals surface area contributed by atoms with Crippen LogP contribution in [0.1, 0.15) is 38.7 Å². The molecule has 21 heavy (non-hydrogen) atoms. The quantitative estimate of drug-likeness (QED) is 0.704. The zero-order valence-electron chi connectivity index (χ0n) is 12.8. The van der Waals surface area contributed by atoms with E-state index in [1.807, 2.05) is 38.1 Å². The maximum atomic E-state index is 12.3. The van der Waals surface area contributed by atoms with Gasteiger partial charge in [0.05, 0.1) is 6.61 Å². The molecule has 0 saturated heterocycles. The first-order chi connectivity index (χ1) is 9.97. The van der Waals surface area contributed by atoms with Crippen molar-refractivity contribution in [3.05, 3.63) is 34.3 Å². The third-order valence-corrected chi connectivity index (χ3v) is 3.81. The van der Waals surface area contributed by atoms with Crippen molar-refractivity contribution in [1.82, 2.24) is 4.90 Å². The van der Waals surface area contributed by atoms with Crippen LogP contribution in [-0.2, 0) is 14.3 Å². The Balaban J connectivity index is 2.60. The van der Waals surface area contributed by atoms with E-state index in [1.54, 1.807) is 6.92 Å². The van der Waals surface area contributed by atoms with Gasteiger partial charge in [-0.15, -0.1) is 0 Å². The van der Waals surface area contributed by atoms with Gasteiger partial charge in [-0.3, -0.25) is 9.59 Å². The number of hydrogen-bond donors (Lipinski definition) is 0. The maximum absolute atomic E-state index is 12.3. The van der Waals surface area contributed by atoms with E-state index in [0.29, 0.717) is 19.6 Å². The number of carbonyl (C=O) groups is 2. The van der Waals surface area contributed by atoms with Gasteiger partial charge in [-0.1, -0.05) is 35.0 Å². The summed E-state index contributed by atoms with van der Waals surface area (Å²) in [6.45, 7) is 6.49. The molecule has 1 atom stereocenters. The molecule has 1 amide bonds. The molecule has 0 N–H and O–H groups in total. The molecule has 1 unspecified atom stereocenters. The number of carbonyl (C=O) groups excluding carboxylic acids is 2. The topological polar surface area (TPSA) is 46.6 Å². The summed E-state index contributed by atoms with van der Waals surface area (Å²) in [5.41, 5.74) is 1.11. The van der Waals surface area contributed by atoms with Crippen molar-refractivity contribution in [2.45, 2.75) is 33.1 Å². The molecule has 0 aliphatic rings. The van der Waals surface area contributed by atoms with Crippen LogP contribution in [0.3, 0.4) is 0 Å². The fourth-order valence-corrected chi connectivity index (χ4v) is 2.30. The Morgan fingerprint density at radius 3 is 2.38 bits per heavy atom. The van der Waals surface area contributed by atoms with Crippen LogP contribution in [0.25, 0.3) is 0 Å². The van der Waals surface area contributed by atoms with Crippen molar-refractivity contribution in [3.63, 3.8) is 0 Å². The van der Waals surface area contributed by atoms with E-state index in [-0.39, 0.29) is 24.3 Å². The van der Waals surface area contributed by atoms with Crippen LogP contribution in [-0.4, -0.2) is 36.5 Å². The molecule has 0 bridgehead atoms. The highest BCUT2D eigenvalue weighted by Crippen LogP contribution is 2.22. The Morgan fingerprint density at radius 2 is 1.86 bits per heavy atom. The number of amides is 1. The summed E-state index contributed by atoms with van der Waals surface area (Å²) in [6.07, 6.45) is 0.384. The van der Waals surface area contributed by atoms with Gasteiger partial charge in [0, 0.05) is 17.4 Å². The van der Waals surface area contributed by atoms with Gasteiger partial charge in [0.2, 0.25) is 5.91 Å². The minimum atomic E-state index is -0.357. The normalized spacial score (nSPS) is 11.8. The summed E-state index contributed by atoms with van der Waals surface area (Å²) >= 11 is 3.40. The standard InChI is InChI=1S/C16H22BrNO3/c1-4-18(11-16(20)21-5-2)15(19)10-12(3)13-6-8-14(17)9-7-13/h6-9,12H,4-5,10-11H2,1-3H3. The first-order valence-corrected chi connectivity index (χ1v) is 7.96. The molecule has 0 heterocycles. The Bertz CT molecular complexity index is 473. The van der Waals surface area contributed by atoms with Crippen LogP contribution in [0.5, 0.6) is 0 Å². The maximum Gasteiger partial charge on any atom is 0.325 e. The fourth-order valence-electron chi connectivity index (χ4n) is 2.04. The largest absolute Gasteiger partial charge is 0.465 e. The zero-order chi connectivity index (χ0) is 15.8. The van der Waals surface area contributed by atoms with Crippen molar-refractivity contribution in [2.75, 3.05) is 19.7 Å². The van der Waals surface area contributed by atoms with Gasteiger partial charge >= 0.3 is 5.97 Å². The highest BCUT2D eigenvalue weighted by atomic mass is 79.9. The summed E-state index contributed by atoms with van der Waals surface area (Å²) in [5, 5.41) is 0. The van der Waals surface area contributed by atoms with Gasteiger partial charge in [0.25, 0.3) is 0 Å². The van der Waals surface area contributed by atoms with Gasteiger partial charge in [-0.2, -0.15) is 0 Å². The highest BCUT2D eigenvalue weighted by molar-refractivity contribution is 9.10. The van der Waals surface area contributed by atoms with Gasteiger partial charge in [-0.05, 0) is 37.5 Å². The van der Waals surface area contributed by atoms with Crippen molar-refractivity contribution in [1.29, 1.82) is 0 Å². The van der Waals surface area contributed by atoms with E-state index in [4.69, 9.17) is 4.74 Å². The Morgan fingerprint density at radius 1 is 1.24 bits per heavy atom. The molecule has 0 fully saturated rings. The molecule has 0 aromatic heterocycles. The molecule has 0 aliphatic carbocycles. The van der Waals surface area contributed by atoms with Crippen LogP contribution in [0.2, 0.25) is 0 Å². The SMILES string of the molecule is CCOC(=O)CN(CC)C(=O)CC(C)c1ccc(Br)cc1. The third kappa shape index (κ3) is 5.87. The molecule has 0 spiro atoms. The van der Waals surface area contributed by atoms with Crippen LogP contribution in [0.15, 0.2) is 28.7 Å². The number of esters is 1. The lowest BCUT2D eigenvalue weighted by molar-refractivity contribution is -0.148. The number of benzene rings is 1. The lowest BCUT2D eigenvalue weighted by Crippen LogP contribution is -2.36. The van der Waals surface area contributed by atoms with E-state index < -0.39 is 0 Å². The Labute approximate surface area is 134 Å². The number of hydrogen-bond acceptors (Lipinski definition) is 3. The number of halogens is 1. The molecule has 116 valence electrons. The van der Waals surface area contributed by atoms with E-state index >= 15 is 0 Å². The first-order valence-electron chi connectivity index (χ1n) is 7.16. The number of nitrogens with zero attached hydrogens (tertiary/aromatic N) is 1. The third-order valence-electron chi connectivity index (χ3n) is 3.28. The second-order valence-electron chi connectivity index (χ2n) is 4.87. The Kier molecular flexibility index (Phi) is 7.43. The molecular formula is C16H22BrNO3. The molecular weight excluding hydrogens is 334 g/mol. The lowest BCUT2D eigenvalue weighted by Gasteiger charge is -2.22. The van der Waals surface area contributed by atoms with Gasteiger partial charge < -0.3 is 9.64 Å². The predicted molar refractivity (Wildman–Crippen MR) is 86.1 cm³/mol. The fraction of sp³-hybridized carbons (Fsp3) is 0.500. The van der Waals surface area contributed by atoms with Crippen molar-refractivity contribution < 1.29 is 14.3 Å². The summed E-state index contributed by atoms with van der Waals surface area (Å²) in [4.78, 5) is 25.3. The first kappa shape index (κ1) is 17.7. The second kappa shape index (κ2) is 8.82. The number of likely N-dealkylation sites (N-methyl/N-ethyl adjacent to an activating group) is 1. The van der Waals surface area contributed by atoms with Crippen LogP contribution < -0.4 is 0 Å². The molecule has 1 aromatic carbocycles. The Hall–Kier alpha value is -1.36. The summed E-state index contributed by atoms with van der Waals surface area (Å²) in [6, 6.07) is 7.94. The molecule has 0 radical (unpaired) electrons. The lowest BCUT2D eigenvalue weighted by atomic mass is 9.97. The molecule has 0 saturated carbocycles. The van der Waals surface area contributed by atoms with Crippen LogP contribution in [0, 0.1) is 0 Å². The summed E-state index contributed by atoms with van der Waals surface area (Å²) in [7, 11) is 0. The monoisotopic (exact) mass is 355 g/mol. The molecule has 5 heteroatoms. The smallest absolute Gasteiger partial charge is 0.325 e.